The maximum absolute atomic E-state index is 12.2. The van der Waals surface area contributed by atoms with Crippen molar-refractivity contribution in [3.63, 3.8) is 0 Å². The average molecular weight is 395 g/mol. The number of anilines is 1. The number of esters is 1. The molecule has 0 atom stereocenters. The summed E-state index contributed by atoms with van der Waals surface area (Å²) in [6, 6.07) is 13.1. The summed E-state index contributed by atoms with van der Waals surface area (Å²) in [5, 5.41) is 22.8. The van der Waals surface area contributed by atoms with Crippen molar-refractivity contribution in [3.8, 4) is 6.07 Å². The Morgan fingerprint density at radius 3 is 2.66 bits per heavy atom. The Morgan fingerprint density at radius 2 is 1.97 bits per heavy atom. The predicted molar refractivity (Wildman–Crippen MR) is 106 cm³/mol. The second-order valence-corrected chi connectivity index (χ2v) is 6.23. The van der Waals surface area contributed by atoms with Gasteiger partial charge in [-0.25, -0.2) is 4.79 Å². The van der Waals surface area contributed by atoms with Gasteiger partial charge in [-0.15, -0.1) is 0 Å². The van der Waals surface area contributed by atoms with E-state index in [-0.39, 0.29) is 35.9 Å². The highest BCUT2D eigenvalue weighted by molar-refractivity contribution is 5.96. The Balaban J connectivity index is 1.96. The molecule has 2 aromatic rings. The highest BCUT2D eigenvalue weighted by Crippen LogP contribution is 2.26. The summed E-state index contributed by atoms with van der Waals surface area (Å²) in [5.41, 5.74) is 1.33. The molecule has 8 heteroatoms. The van der Waals surface area contributed by atoms with Crippen LogP contribution in [0.2, 0.25) is 0 Å². The zero-order valence-electron chi connectivity index (χ0n) is 16.0. The van der Waals surface area contributed by atoms with E-state index in [1.165, 1.54) is 18.2 Å². The highest BCUT2D eigenvalue weighted by atomic mass is 16.6. The number of carbonyl (C=O) groups excluding carboxylic acids is 2. The zero-order chi connectivity index (χ0) is 21.2. The van der Waals surface area contributed by atoms with E-state index < -0.39 is 10.9 Å². The number of amides is 1. The Hall–Kier alpha value is -3.73. The van der Waals surface area contributed by atoms with Crippen LogP contribution in [-0.2, 0) is 16.0 Å². The van der Waals surface area contributed by atoms with Gasteiger partial charge in [0.1, 0.15) is 5.69 Å². The first-order valence-corrected chi connectivity index (χ1v) is 9.19. The van der Waals surface area contributed by atoms with Crippen LogP contribution >= 0.6 is 0 Å². The van der Waals surface area contributed by atoms with Gasteiger partial charge in [-0.3, -0.25) is 14.9 Å². The fourth-order valence-corrected chi connectivity index (χ4v) is 2.80. The lowest BCUT2D eigenvalue weighted by atomic mass is 10.0. The van der Waals surface area contributed by atoms with Gasteiger partial charge in [0, 0.05) is 12.5 Å². The van der Waals surface area contributed by atoms with E-state index in [4.69, 9.17) is 10.00 Å². The Morgan fingerprint density at radius 1 is 1.21 bits per heavy atom. The first-order chi connectivity index (χ1) is 14.0. The van der Waals surface area contributed by atoms with Crippen LogP contribution in [0.1, 0.15) is 47.7 Å². The van der Waals surface area contributed by atoms with Gasteiger partial charge < -0.3 is 10.1 Å². The molecule has 0 saturated heterocycles. The molecule has 8 nitrogen and oxygen atoms in total. The number of rotatable bonds is 9. The van der Waals surface area contributed by atoms with Crippen LogP contribution in [0.5, 0.6) is 0 Å². The normalized spacial score (nSPS) is 10.1. The summed E-state index contributed by atoms with van der Waals surface area (Å²) in [4.78, 5) is 34.6. The summed E-state index contributed by atoms with van der Waals surface area (Å²) < 4.78 is 4.88. The third-order valence-electron chi connectivity index (χ3n) is 4.22. The molecule has 1 amide bonds. The number of nitrogens with one attached hydrogen (secondary N) is 1. The molecule has 0 saturated carbocycles. The first-order valence-electron chi connectivity index (χ1n) is 9.19. The smallest absolute Gasteiger partial charge is 0.338 e. The van der Waals surface area contributed by atoms with Crippen molar-refractivity contribution in [1.82, 2.24) is 0 Å². The number of hydrogen-bond acceptors (Lipinski definition) is 6. The van der Waals surface area contributed by atoms with E-state index in [1.54, 1.807) is 19.1 Å². The largest absolute Gasteiger partial charge is 0.462 e. The number of nitro benzene ring substituents is 1. The van der Waals surface area contributed by atoms with E-state index in [9.17, 15) is 19.7 Å². The van der Waals surface area contributed by atoms with Gasteiger partial charge in [-0.05, 0) is 49.9 Å². The van der Waals surface area contributed by atoms with Gasteiger partial charge in [-0.1, -0.05) is 18.2 Å². The van der Waals surface area contributed by atoms with Crippen molar-refractivity contribution in [2.24, 2.45) is 0 Å². The SMILES string of the molecule is CCOC(=O)c1ccc([N+](=O)[O-])c(NC(=O)CCCCc2ccccc2C#N)c1. The minimum absolute atomic E-state index is 0.0413. The van der Waals surface area contributed by atoms with Gasteiger partial charge in [-0.2, -0.15) is 5.26 Å². The van der Waals surface area contributed by atoms with E-state index in [1.807, 2.05) is 12.1 Å². The van der Waals surface area contributed by atoms with Crippen LogP contribution in [0.15, 0.2) is 42.5 Å². The molecule has 150 valence electrons. The topological polar surface area (TPSA) is 122 Å². The predicted octanol–water partition coefficient (Wildman–Crippen LogP) is 3.99. The van der Waals surface area contributed by atoms with Crippen LogP contribution in [0, 0.1) is 21.4 Å². The lowest BCUT2D eigenvalue weighted by Gasteiger charge is -2.08. The molecule has 0 unspecified atom stereocenters. The summed E-state index contributed by atoms with van der Waals surface area (Å²) >= 11 is 0. The second-order valence-electron chi connectivity index (χ2n) is 6.23. The first kappa shape index (κ1) is 21.6. The molecule has 0 aliphatic carbocycles. The Bertz CT molecular complexity index is 950. The van der Waals surface area contributed by atoms with Gasteiger partial charge in [0.25, 0.3) is 5.69 Å². The number of nitriles is 1. The van der Waals surface area contributed by atoms with E-state index in [2.05, 4.69) is 11.4 Å². The number of nitrogens with zero attached hydrogens (tertiary/aromatic N) is 2. The molecule has 0 aromatic heterocycles. The summed E-state index contributed by atoms with van der Waals surface area (Å²) in [7, 11) is 0. The lowest BCUT2D eigenvalue weighted by molar-refractivity contribution is -0.383. The van der Waals surface area contributed by atoms with Crippen molar-refractivity contribution >= 4 is 23.3 Å². The van der Waals surface area contributed by atoms with Crippen LogP contribution in [0.3, 0.4) is 0 Å². The van der Waals surface area contributed by atoms with Crippen LogP contribution in [-0.4, -0.2) is 23.4 Å². The molecule has 29 heavy (non-hydrogen) atoms. The molecular formula is C21H21N3O5. The van der Waals surface area contributed by atoms with E-state index >= 15 is 0 Å². The third kappa shape index (κ3) is 6.14. The maximum atomic E-state index is 12.2. The van der Waals surface area contributed by atoms with Crippen molar-refractivity contribution in [2.75, 3.05) is 11.9 Å². The van der Waals surface area contributed by atoms with Gasteiger partial charge in [0.05, 0.1) is 28.7 Å². The molecule has 0 aliphatic heterocycles. The van der Waals surface area contributed by atoms with Gasteiger partial charge in [0.15, 0.2) is 0 Å². The zero-order valence-corrected chi connectivity index (χ0v) is 16.0. The second kappa shape index (κ2) is 10.6. The molecule has 0 aliphatic rings. The van der Waals surface area contributed by atoms with Gasteiger partial charge in [0.2, 0.25) is 5.91 Å². The standard InChI is InChI=1S/C21H21N3O5/c1-2-29-21(26)16-11-12-19(24(27)28)18(13-16)23-20(25)10-6-5-8-15-7-3-4-9-17(15)14-22/h3-4,7,9,11-13H,2,5-6,8,10H2,1H3,(H,23,25). The summed E-state index contributed by atoms with van der Waals surface area (Å²) in [6.07, 6.45) is 2.07. The minimum atomic E-state index is -0.622. The number of ether oxygens (including phenoxy) is 1. The molecule has 0 fully saturated rings. The molecule has 0 radical (unpaired) electrons. The van der Waals surface area contributed by atoms with E-state index in [0.717, 1.165) is 5.56 Å². The molecule has 0 bridgehead atoms. The van der Waals surface area contributed by atoms with Crippen molar-refractivity contribution < 1.29 is 19.2 Å². The molecule has 2 rings (SSSR count). The van der Waals surface area contributed by atoms with Crippen LogP contribution in [0.25, 0.3) is 0 Å². The number of carbonyl (C=O) groups is 2. The molecule has 2 aromatic carbocycles. The third-order valence-corrected chi connectivity index (χ3v) is 4.22. The summed E-state index contributed by atoms with van der Waals surface area (Å²) in [5.74, 6) is -1.00. The van der Waals surface area contributed by atoms with E-state index in [0.29, 0.717) is 24.8 Å². The monoisotopic (exact) mass is 395 g/mol. The van der Waals surface area contributed by atoms with Crippen molar-refractivity contribution in [3.05, 3.63) is 69.3 Å². The van der Waals surface area contributed by atoms with Crippen molar-refractivity contribution in [2.45, 2.75) is 32.6 Å². The fourth-order valence-electron chi connectivity index (χ4n) is 2.80. The number of benzene rings is 2. The van der Waals surface area contributed by atoms with Crippen molar-refractivity contribution in [1.29, 1.82) is 5.26 Å². The quantitative estimate of drug-likeness (QED) is 0.296. The Kier molecular flexibility index (Phi) is 7.86. The minimum Gasteiger partial charge on any atom is -0.462 e. The molecule has 1 N–H and O–H groups in total. The van der Waals surface area contributed by atoms with Gasteiger partial charge >= 0.3 is 5.97 Å². The fraction of sp³-hybridized carbons (Fsp3) is 0.286. The highest BCUT2D eigenvalue weighted by Gasteiger charge is 2.19. The lowest BCUT2D eigenvalue weighted by Crippen LogP contribution is -2.14. The van der Waals surface area contributed by atoms with Crippen LogP contribution in [0.4, 0.5) is 11.4 Å². The molecular weight excluding hydrogens is 374 g/mol. The Labute approximate surface area is 168 Å². The maximum Gasteiger partial charge on any atom is 0.338 e. The number of hydrogen-bond donors (Lipinski definition) is 1. The number of aryl methyl sites for hydroxylation is 1. The summed E-state index contributed by atoms with van der Waals surface area (Å²) in [6.45, 7) is 1.83. The average Bonchev–Trinajstić information content (AvgIpc) is 2.71. The van der Waals surface area contributed by atoms with Crippen LogP contribution < -0.4 is 5.32 Å². The number of nitro groups is 1. The number of unbranched alkanes of at least 4 members (excludes halogenated alkanes) is 1. The molecule has 0 heterocycles. The molecule has 0 spiro atoms.